The molecule has 0 saturated heterocycles. The fourth-order valence-corrected chi connectivity index (χ4v) is 6.07. The molecular formula is C21H20N6O3S2. The number of ketones is 1. The van der Waals surface area contributed by atoms with Gasteiger partial charge in [-0.05, 0) is 18.4 Å². The molecule has 2 N–H and O–H groups in total. The summed E-state index contributed by atoms with van der Waals surface area (Å²) in [5.74, 6) is -0.514. The highest BCUT2D eigenvalue weighted by atomic mass is 32.2. The monoisotopic (exact) mass is 468 g/mol. The third kappa shape index (κ3) is 3.87. The number of thioether (sulfide) groups is 1. The van der Waals surface area contributed by atoms with E-state index in [1.54, 1.807) is 28.8 Å². The quantitative estimate of drug-likeness (QED) is 0.387. The summed E-state index contributed by atoms with van der Waals surface area (Å²) in [4.78, 5) is 25.3. The Hall–Kier alpha value is -3.23. The van der Waals surface area contributed by atoms with Gasteiger partial charge in [0.15, 0.2) is 10.1 Å². The summed E-state index contributed by atoms with van der Waals surface area (Å²) in [5, 5.41) is 30.4. The molecule has 1 aliphatic carbocycles. The van der Waals surface area contributed by atoms with Gasteiger partial charge in [0.2, 0.25) is 5.13 Å². The third-order valence-electron chi connectivity index (χ3n) is 5.27. The minimum absolute atomic E-state index is 0.0545. The van der Waals surface area contributed by atoms with E-state index in [0.717, 1.165) is 10.0 Å². The molecule has 1 aromatic carbocycles. The highest BCUT2D eigenvalue weighted by Gasteiger charge is 2.41. The second-order valence-corrected chi connectivity index (χ2v) is 10.5. The van der Waals surface area contributed by atoms with Crippen LogP contribution in [0.2, 0.25) is 0 Å². The van der Waals surface area contributed by atoms with Crippen LogP contribution in [0.15, 0.2) is 51.3 Å². The molecule has 1 unspecified atom stereocenters. The predicted octanol–water partition coefficient (Wildman–Crippen LogP) is 4.25. The number of allylic oxidation sites excluding steroid dienone is 3. The third-order valence-corrected chi connectivity index (χ3v) is 7.27. The number of rotatable bonds is 5. The van der Waals surface area contributed by atoms with Gasteiger partial charge in [-0.15, -0.1) is 10.2 Å². The topological polar surface area (TPSA) is 139 Å². The molecule has 2 heterocycles. The molecule has 1 aliphatic heterocycles. The van der Waals surface area contributed by atoms with Crippen molar-refractivity contribution in [3.05, 3.63) is 62.6 Å². The first kappa shape index (κ1) is 22.0. The molecule has 0 radical (unpaired) electrons. The lowest BCUT2D eigenvalue weighted by molar-refractivity contribution is -0.384. The van der Waals surface area contributed by atoms with E-state index >= 15 is 0 Å². The van der Waals surface area contributed by atoms with Crippen molar-refractivity contribution in [2.75, 3.05) is 4.90 Å². The standard InChI is InChI=1S/C21H20N6O3S2/c1-11(2)31-21-25-24-20(32-21)26-15-4-3-5-16(28)18(15)17(14(10-22)19(26)23)12-6-8-13(9-7-12)27(29)30/h6-9,11,17H,3-5,23H2,1-2H3. The minimum atomic E-state index is -0.669. The highest BCUT2D eigenvalue weighted by Crippen LogP contribution is 2.47. The zero-order chi connectivity index (χ0) is 23.0. The molecule has 0 amide bonds. The van der Waals surface area contributed by atoms with Gasteiger partial charge in [-0.2, -0.15) is 5.26 Å². The molecular weight excluding hydrogens is 448 g/mol. The normalized spacial score (nSPS) is 18.8. The summed E-state index contributed by atoms with van der Waals surface area (Å²) < 4.78 is 0.781. The molecule has 2 aromatic rings. The number of carbonyl (C=O) groups is 1. The maximum absolute atomic E-state index is 13.1. The van der Waals surface area contributed by atoms with Gasteiger partial charge in [0.05, 0.1) is 22.5 Å². The molecule has 9 nitrogen and oxygen atoms in total. The van der Waals surface area contributed by atoms with Gasteiger partial charge < -0.3 is 5.73 Å². The lowest BCUT2D eigenvalue weighted by atomic mass is 9.76. The van der Waals surface area contributed by atoms with Crippen LogP contribution in [0.5, 0.6) is 0 Å². The number of nitriles is 1. The van der Waals surface area contributed by atoms with Gasteiger partial charge in [-0.1, -0.05) is 49.1 Å². The Bertz CT molecular complexity index is 1190. The van der Waals surface area contributed by atoms with Crippen molar-refractivity contribution in [3.63, 3.8) is 0 Å². The average Bonchev–Trinajstić information content (AvgIpc) is 3.20. The van der Waals surface area contributed by atoms with Gasteiger partial charge in [0.1, 0.15) is 5.82 Å². The van der Waals surface area contributed by atoms with E-state index in [1.165, 1.54) is 23.5 Å². The Morgan fingerprint density at radius 1 is 1.31 bits per heavy atom. The van der Waals surface area contributed by atoms with Gasteiger partial charge in [0.25, 0.3) is 5.69 Å². The maximum Gasteiger partial charge on any atom is 0.269 e. The second-order valence-electron chi connectivity index (χ2n) is 7.68. The number of hydrogen-bond acceptors (Lipinski definition) is 10. The number of hydrogen-bond donors (Lipinski definition) is 1. The highest BCUT2D eigenvalue weighted by molar-refractivity contribution is 8.01. The number of nitro benzene ring substituents is 1. The van der Waals surface area contributed by atoms with Crippen molar-refractivity contribution < 1.29 is 9.72 Å². The number of aromatic nitrogens is 2. The van der Waals surface area contributed by atoms with E-state index in [0.29, 0.717) is 40.8 Å². The van der Waals surface area contributed by atoms with Crippen molar-refractivity contribution in [2.24, 2.45) is 5.73 Å². The van der Waals surface area contributed by atoms with Gasteiger partial charge in [-0.3, -0.25) is 19.8 Å². The van der Waals surface area contributed by atoms with Gasteiger partial charge in [-0.25, -0.2) is 0 Å². The first-order valence-corrected chi connectivity index (χ1v) is 11.7. The molecule has 4 rings (SSSR count). The van der Waals surface area contributed by atoms with E-state index in [2.05, 4.69) is 30.1 Å². The molecule has 0 saturated carbocycles. The van der Waals surface area contributed by atoms with Crippen molar-refractivity contribution in [1.82, 2.24) is 10.2 Å². The van der Waals surface area contributed by atoms with Crippen molar-refractivity contribution in [1.29, 1.82) is 5.26 Å². The Kier molecular flexibility index (Phi) is 5.99. The van der Waals surface area contributed by atoms with E-state index in [-0.39, 0.29) is 22.9 Å². The van der Waals surface area contributed by atoms with Crippen LogP contribution in [-0.2, 0) is 4.79 Å². The number of carbonyl (C=O) groups excluding carboxylic acids is 1. The molecule has 1 atom stereocenters. The summed E-state index contributed by atoms with van der Waals surface area (Å²) in [6.45, 7) is 4.12. The van der Waals surface area contributed by atoms with E-state index in [4.69, 9.17) is 5.73 Å². The first-order chi connectivity index (χ1) is 15.3. The summed E-state index contributed by atoms with van der Waals surface area (Å²) in [6, 6.07) is 8.09. The first-order valence-electron chi connectivity index (χ1n) is 10.0. The average molecular weight is 469 g/mol. The summed E-state index contributed by atoms with van der Waals surface area (Å²) in [5.41, 5.74) is 8.50. The maximum atomic E-state index is 13.1. The van der Waals surface area contributed by atoms with Gasteiger partial charge in [0, 0.05) is 35.1 Å². The Morgan fingerprint density at radius 2 is 2.03 bits per heavy atom. The summed E-state index contributed by atoms with van der Waals surface area (Å²) >= 11 is 2.95. The van der Waals surface area contributed by atoms with Crippen LogP contribution in [0.3, 0.4) is 0 Å². The summed E-state index contributed by atoms with van der Waals surface area (Å²) in [6.07, 6.45) is 1.65. The van der Waals surface area contributed by atoms with Crippen LogP contribution in [0.25, 0.3) is 0 Å². The smallest absolute Gasteiger partial charge is 0.269 e. The van der Waals surface area contributed by atoms with Crippen LogP contribution in [0, 0.1) is 21.4 Å². The van der Waals surface area contributed by atoms with E-state index < -0.39 is 10.8 Å². The molecule has 2 aliphatic rings. The Balaban J connectivity index is 1.86. The molecule has 11 heteroatoms. The van der Waals surface area contributed by atoms with Crippen LogP contribution >= 0.6 is 23.1 Å². The lowest BCUT2D eigenvalue weighted by Crippen LogP contribution is -2.38. The van der Waals surface area contributed by atoms with Crippen molar-refractivity contribution in [2.45, 2.75) is 48.6 Å². The van der Waals surface area contributed by atoms with Crippen LogP contribution < -0.4 is 10.6 Å². The fraction of sp³-hybridized carbons (Fsp3) is 0.333. The van der Waals surface area contributed by atoms with Crippen LogP contribution in [0.4, 0.5) is 10.8 Å². The predicted molar refractivity (Wildman–Crippen MR) is 122 cm³/mol. The summed E-state index contributed by atoms with van der Waals surface area (Å²) in [7, 11) is 0. The van der Waals surface area contributed by atoms with Crippen molar-refractivity contribution in [3.8, 4) is 6.07 Å². The zero-order valence-electron chi connectivity index (χ0n) is 17.4. The number of nitro groups is 1. The van der Waals surface area contributed by atoms with Crippen LogP contribution in [-0.4, -0.2) is 26.2 Å². The number of benzene rings is 1. The molecule has 0 bridgehead atoms. The van der Waals surface area contributed by atoms with E-state index in [1.807, 2.05) is 0 Å². The number of nitrogens with two attached hydrogens (primary N) is 1. The minimum Gasteiger partial charge on any atom is -0.384 e. The molecule has 164 valence electrons. The largest absolute Gasteiger partial charge is 0.384 e. The zero-order valence-corrected chi connectivity index (χ0v) is 19.1. The lowest BCUT2D eigenvalue weighted by Gasteiger charge is -2.38. The number of Topliss-reactive ketones (excluding diaryl/α,β-unsaturated/α-hetero) is 1. The SMILES string of the molecule is CC(C)Sc1nnc(N2C(N)=C(C#N)C(c3ccc([N+](=O)[O-])cc3)C3=C2CCCC3=O)s1. The Morgan fingerprint density at radius 3 is 2.66 bits per heavy atom. The van der Waals surface area contributed by atoms with Crippen molar-refractivity contribution >= 4 is 39.7 Å². The van der Waals surface area contributed by atoms with E-state index in [9.17, 15) is 20.2 Å². The number of non-ortho nitro benzene ring substituents is 1. The molecule has 32 heavy (non-hydrogen) atoms. The second kappa shape index (κ2) is 8.72. The Labute approximate surface area is 192 Å². The molecule has 0 fully saturated rings. The van der Waals surface area contributed by atoms with Gasteiger partial charge >= 0.3 is 0 Å². The van der Waals surface area contributed by atoms with Crippen LogP contribution in [0.1, 0.15) is 44.6 Å². The number of nitrogens with zero attached hydrogens (tertiary/aromatic N) is 5. The molecule has 1 aromatic heterocycles. The fourth-order valence-electron chi connectivity index (χ4n) is 3.97. The number of anilines is 1. The molecule has 0 spiro atoms.